The summed E-state index contributed by atoms with van der Waals surface area (Å²) in [6.45, 7) is 2.03. The molecule has 0 aromatic heterocycles. The first-order valence-electron chi connectivity index (χ1n) is 7.09. The molecule has 0 unspecified atom stereocenters. The molecule has 23 heavy (non-hydrogen) atoms. The van der Waals surface area contributed by atoms with Crippen LogP contribution in [0.2, 0.25) is 0 Å². The van der Waals surface area contributed by atoms with Crippen LogP contribution in [0, 0.1) is 5.82 Å². The number of hydrogen-bond donors (Lipinski definition) is 2. The Morgan fingerprint density at radius 1 is 1.09 bits per heavy atom. The quantitative estimate of drug-likeness (QED) is 0.796. The molecule has 0 heterocycles. The Kier molecular flexibility index (Phi) is 5.46. The summed E-state index contributed by atoms with van der Waals surface area (Å²) in [6.07, 6.45) is 1.82. The van der Waals surface area contributed by atoms with Crippen LogP contribution in [0.4, 0.5) is 4.39 Å². The summed E-state index contributed by atoms with van der Waals surface area (Å²) in [5.41, 5.74) is 2.79. The van der Waals surface area contributed by atoms with Crippen molar-refractivity contribution >= 4 is 15.9 Å². The van der Waals surface area contributed by atoms with E-state index in [2.05, 4.69) is 0 Å². The highest BCUT2D eigenvalue weighted by atomic mass is 32.2. The molecule has 0 spiro atoms. The van der Waals surface area contributed by atoms with E-state index in [1.54, 1.807) is 12.1 Å². The van der Waals surface area contributed by atoms with Gasteiger partial charge in [0.15, 0.2) is 0 Å². The van der Waals surface area contributed by atoms with E-state index in [4.69, 9.17) is 0 Å². The lowest BCUT2D eigenvalue weighted by atomic mass is 10.1. The third kappa shape index (κ3) is 4.37. The highest BCUT2D eigenvalue weighted by Gasteiger charge is 2.17. The van der Waals surface area contributed by atoms with Gasteiger partial charge >= 0.3 is 0 Å². The average Bonchev–Trinajstić information content (AvgIpc) is 2.54. The second-order valence-corrected chi connectivity index (χ2v) is 6.62. The van der Waals surface area contributed by atoms with E-state index in [9.17, 15) is 17.6 Å². The predicted octanol–water partition coefficient (Wildman–Crippen LogP) is 2.40. The first-order chi connectivity index (χ1) is 10.9. The van der Waals surface area contributed by atoms with Gasteiger partial charge in [-0.1, -0.05) is 37.6 Å². The maximum Gasteiger partial charge on any atom is 0.269 e. The molecule has 2 N–H and O–H groups in total. The summed E-state index contributed by atoms with van der Waals surface area (Å²) in [7, 11) is -3.91. The fourth-order valence-electron chi connectivity index (χ4n) is 2.01. The second-order valence-electron chi connectivity index (χ2n) is 4.93. The molecule has 0 aliphatic heterocycles. The summed E-state index contributed by atoms with van der Waals surface area (Å²) in [5, 5.41) is 0. The summed E-state index contributed by atoms with van der Waals surface area (Å²) in [4.78, 5) is 13.8. The number of nitrogens with one attached hydrogen (secondary N) is 2. The Morgan fingerprint density at radius 3 is 2.35 bits per heavy atom. The van der Waals surface area contributed by atoms with E-state index in [1.807, 2.05) is 17.2 Å². The molecule has 0 aliphatic rings. The second kappa shape index (κ2) is 7.34. The van der Waals surface area contributed by atoms with Crippen LogP contribution in [-0.4, -0.2) is 14.3 Å². The maximum absolute atomic E-state index is 13.5. The molecule has 7 heteroatoms. The standard InChI is InChI=1S/C16H17FN2O3S/c1-2-5-12-8-10-13(11-9-12)23(21,22)19-18-16(20)14-6-3-4-7-15(14)17/h3-4,6-11,19H,2,5H2,1H3,(H,18,20). The average molecular weight is 336 g/mol. The maximum atomic E-state index is 13.5. The van der Waals surface area contributed by atoms with Gasteiger partial charge in [-0.15, -0.1) is 4.83 Å². The Balaban J connectivity index is 2.06. The summed E-state index contributed by atoms with van der Waals surface area (Å²) in [5.74, 6) is -1.60. The largest absolute Gasteiger partial charge is 0.273 e. The van der Waals surface area contributed by atoms with E-state index in [0.717, 1.165) is 24.5 Å². The number of carbonyl (C=O) groups excluding carboxylic acids is 1. The van der Waals surface area contributed by atoms with Gasteiger partial charge in [-0.05, 0) is 36.2 Å². The number of hydrogen-bond acceptors (Lipinski definition) is 3. The van der Waals surface area contributed by atoms with Gasteiger partial charge in [0.2, 0.25) is 0 Å². The van der Waals surface area contributed by atoms with Gasteiger partial charge in [-0.25, -0.2) is 12.8 Å². The molecule has 0 saturated carbocycles. The lowest BCUT2D eigenvalue weighted by molar-refractivity contribution is 0.0941. The SMILES string of the molecule is CCCc1ccc(S(=O)(=O)NNC(=O)c2ccccc2F)cc1. The van der Waals surface area contributed by atoms with E-state index >= 15 is 0 Å². The van der Waals surface area contributed by atoms with Crippen LogP contribution >= 0.6 is 0 Å². The van der Waals surface area contributed by atoms with Crippen LogP contribution in [0.15, 0.2) is 53.4 Å². The van der Waals surface area contributed by atoms with Crippen molar-refractivity contribution in [3.05, 3.63) is 65.5 Å². The molecule has 0 atom stereocenters. The van der Waals surface area contributed by atoms with Gasteiger partial charge < -0.3 is 0 Å². The zero-order chi connectivity index (χ0) is 16.9. The van der Waals surface area contributed by atoms with Crippen molar-refractivity contribution < 1.29 is 17.6 Å². The molecule has 122 valence electrons. The van der Waals surface area contributed by atoms with Crippen LogP contribution in [0.3, 0.4) is 0 Å². The zero-order valence-corrected chi connectivity index (χ0v) is 13.4. The van der Waals surface area contributed by atoms with E-state index < -0.39 is 21.7 Å². The number of aryl methyl sites for hydroxylation is 1. The topological polar surface area (TPSA) is 75.3 Å². The van der Waals surface area contributed by atoms with E-state index in [1.165, 1.54) is 30.3 Å². The Hall–Kier alpha value is -2.25. The van der Waals surface area contributed by atoms with Crippen molar-refractivity contribution in [3.63, 3.8) is 0 Å². The van der Waals surface area contributed by atoms with Crippen LogP contribution < -0.4 is 10.3 Å². The number of carbonyl (C=O) groups is 1. The lowest BCUT2D eigenvalue weighted by Gasteiger charge is -2.09. The third-order valence-electron chi connectivity index (χ3n) is 3.19. The van der Waals surface area contributed by atoms with Gasteiger partial charge in [0, 0.05) is 0 Å². The van der Waals surface area contributed by atoms with Crippen molar-refractivity contribution in [1.82, 2.24) is 10.3 Å². The fraction of sp³-hybridized carbons (Fsp3) is 0.188. The number of sulfonamides is 1. The molecule has 0 fully saturated rings. The number of amides is 1. The van der Waals surface area contributed by atoms with Crippen LogP contribution in [0.25, 0.3) is 0 Å². The van der Waals surface area contributed by atoms with Gasteiger partial charge in [-0.2, -0.15) is 0 Å². The van der Waals surface area contributed by atoms with Crippen LogP contribution in [0.1, 0.15) is 29.3 Å². The minimum atomic E-state index is -3.91. The lowest BCUT2D eigenvalue weighted by Crippen LogP contribution is -2.41. The van der Waals surface area contributed by atoms with E-state index in [-0.39, 0.29) is 10.5 Å². The normalized spacial score (nSPS) is 11.2. The Morgan fingerprint density at radius 2 is 1.74 bits per heavy atom. The number of halogens is 1. The molecule has 0 saturated heterocycles. The Labute approximate surface area is 134 Å². The smallest absolute Gasteiger partial charge is 0.269 e. The highest BCUT2D eigenvalue weighted by molar-refractivity contribution is 7.89. The minimum Gasteiger partial charge on any atom is -0.273 e. The number of hydrazine groups is 1. The van der Waals surface area contributed by atoms with Crippen molar-refractivity contribution in [2.75, 3.05) is 0 Å². The first-order valence-corrected chi connectivity index (χ1v) is 8.58. The molecule has 2 aromatic rings. The Bertz CT molecular complexity index is 789. The molecule has 0 aliphatic carbocycles. The van der Waals surface area contributed by atoms with Crippen LogP contribution in [0.5, 0.6) is 0 Å². The highest BCUT2D eigenvalue weighted by Crippen LogP contribution is 2.11. The van der Waals surface area contributed by atoms with Crippen molar-refractivity contribution in [2.45, 2.75) is 24.7 Å². The van der Waals surface area contributed by atoms with Crippen molar-refractivity contribution in [2.24, 2.45) is 0 Å². The minimum absolute atomic E-state index is 0.0196. The molecule has 2 aromatic carbocycles. The third-order valence-corrected chi connectivity index (χ3v) is 4.45. The summed E-state index contributed by atoms with van der Waals surface area (Å²) >= 11 is 0. The van der Waals surface area contributed by atoms with E-state index in [0.29, 0.717) is 0 Å². The number of rotatable bonds is 6. The van der Waals surface area contributed by atoms with Gasteiger partial charge in [0.05, 0.1) is 10.5 Å². The molecule has 5 nitrogen and oxygen atoms in total. The van der Waals surface area contributed by atoms with Gasteiger partial charge in [0.1, 0.15) is 5.82 Å². The summed E-state index contributed by atoms with van der Waals surface area (Å²) in [6, 6.07) is 11.7. The van der Waals surface area contributed by atoms with Gasteiger partial charge in [0.25, 0.3) is 15.9 Å². The monoisotopic (exact) mass is 336 g/mol. The summed E-state index contributed by atoms with van der Waals surface area (Å²) < 4.78 is 37.7. The first kappa shape index (κ1) is 17.1. The van der Waals surface area contributed by atoms with Gasteiger partial charge in [-0.3, -0.25) is 10.2 Å². The van der Waals surface area contributed by atoms with Crippen molar-refractivity contribution in [1.29, 1.82) is 0 Å². The van der Waals surface area contributed by atoms with Crippen LogP contribution in [-0.2, 0) is 16.4 Å². The number of benzene rings is 2. The molecule has 1 amide bonds. The fourth-order valence-corrected chi connectivity index (χ4v) is 2.85. The zero-order valence-electron chi connectivity index (χ0n) is 12.5. The molecule has 2 rings (SSSR count). The molecule has 0 radical (unpaired) electrons. The molecular formula is C16H17FN2O3S. The predicted molar refractivity (Wildman–Crippen MR) is 84.6 cm³/mol. The molecule has 0 bridgehead atoms. The molecular weight excluding hydrogens is 319 g/mol. The van der Waals surface area contributed by atoms with Crippen molar-refractivity contribution in [3.8, 4) is 0 Å².